The molecule has 0 saturated heterocycles. The maximum Gasteiger partial charge on any atom is 0.177 e. The fourth-order valence-electron chi connectivity index (χ4n) is 3.91. The topological polar surface area (TPSA) is 90.1 Å². The number of aromatic amines is 1. The van der Waals surface area contributed by atoms with E-state index in [4.69, 9.17) is 11.6 Å². The summed E-state index contributed by atoms with van der Waals surface area (Å²) in [6, 6.07) is 2.32. The minimum Gasteiger partial charge on any atom is -0.357 e. The van der Waals surface area contributed by atoms with Crippen LogP contribution in [0.1, 0.15) is 56.6 Å². The summed E-state index contributed by atoms with van der Waals surface area (Å²) in [4.78, 5) is 14.1. The maximum atomic E-state index is 6.41. The number of pyridine rings is 1. The van der Waals surface area contributed by atoms with Gasteiger partial charge in [-0.1, -0.05) is 25.4 Å². The maximum absolute atomic E-state index is 6.41. The van der Waals surface area contributed by atoms with E-state index >= 15 is 0 Å². The third-order valence-electron chi connectivity index (χ3n) is 5.07. The van der Waals surface area contributed by atoms with E-state index in [-0.39, 0.29) is 0 Å². The van der Waals surface area contributed by atoms with Crippen molar-refractivity contribution in [1.82, 2.24) is 39.7 Å². The second kappa shape index (κ2) is 6.92. The summed E-state index contributed by atoms with van der Waals surface area (Å²) in [7, 11) is 1.79. The highest BCUT2D eigenvalue weighted by atomic mass is 35.5. The molecule has 0 unspecified atom stereocenters. The van der Waals surface area contributed by atoms with Crippen LogP contribution in [-0.4, -0.2) is 39.7 Å². The molecule has 0 aromatic carbocycles. The molecule has 0 bridgehead atoms. The van der Waals surface area contributed by atoms with Gasteiger partial charge in [0.1, 0.15) is 10.7 Å². The van der Waals surface area contributed by atoms with Gasteiger partial charge in [-0.15, -0.1) is 10.2 Å². The summed E-state index contributed by atoms with van der Waals surface area (Å²) in [5, 5.41) is 13.9. The third-order valence-corrected chi connectivity index (χ3v) is 5.36. The smallest absolute Gasteiger partial charge is 0.177 e. The average Bonchev–Trinajstić information content (AvgIpc) is 3.41. The van der Waals surface area contributed by atoms with Gasteiger partial charge < -0.3 is 9.55 Å². The van der Waals surface area contributed by atoms with Crippen molar-refractivity contribution >= 4 is 33.7 Å². The molecule has 8 nitrogen and oxygen atoms in total. The molecule has 1 N–H and O–H groups in total. The van der Waals surface area contributed by atoms with Crippen LogP contribution in [0.4, 0.5) is 0 Å². The fourth-order valence-corrected chi connectivity index (χ4v) is 4.14. The number of aromatic nitrogens is 8. The van der Waals surface area contributed by atoms with E-state index in [1.54, 1.807) is 7.05 Å². The lowest BCUT2D eigenvalue weighted by Crippen LogP contribution is -2.06. The lowest BCUT2D eigenvalue weighted by molar-refractivity contribution is 0.515. The van der Waals surface area contributed by atoms with E-state index in [1.165, 1.54) is 4.80 Å². The molecule has 2 atom stereocenters. The minimum atomic E-state index is 0.316. The standard InChI is InChI=1S/C16H17ClN8.C2H6/c1-8-5-11-12(19-8)13-16(20-14(11)17)25(7-18-13)10-4-3-9(6-10)15-21-23-24(2)22-15;1-2/h5,7,9-10,19H,3-4,6H2,1-2H3;1-2H3/t9-,10+;/m1./s1. The van der Waals surface area contributed by atoms with Gasteiger partial charge >= 0.3 is 0 Å². The van der Waals surface area contributed by atoms with E-state index in [0.29, 0.717) is 17.1 Å². The normalized spacial score (nSPS) is 19.6. The van der Waals surface area contributed by atoms with Gasteiger partial charge in [0, 0.05) is 23.0 Å². The molecule has 5 rings (SSSR count). The zero-order chi connectivity index (χ0) is 19.1. The predicted molar refractivity (Wildman–Crippen MR) is 105 cm³/mol. The Hall–Kier alpha value is -2.48. The quantitative estimate of drug-likeness (QED) is 0.527. The number of tetrazole rings is 1. The summed E-state index contributed by atoms with van der Waals surface area (Å²) >= 11 is 6.41. The van der Waals surface area contributed by atoms with Crippen LogP contribution in [0.25, 0.3) is 22.1 Å². The number of nitrogens with zero attached hydrogens (tertiary/aromatic N) is 7. The van der Waals surface area contributed by atoms with Gasteiger partial charge in [-0.05, 0) is 37.5 Å². The van der Waals surface area contributed by atoms with Crippen molar-refractivity contribution in [3.63, 3.8) is 0 Å². The lowest BCUT2D eigenvalue weighted by Gasteiger charge is -2.12. The Balaban J connectivity index is 0.000000872. The first-order chi connectivity index (χ1) is 13.1. The van der Waals surface area contributed by atoms with E-state index < -0.39 is 0 Å². The van der Waals surface area contributed by atoms with Crippen LogP contribution in [0.3, 0.4) is 0 Å². The van der Waals surface area contributed by atoms with Gasteiger partial charge in [0.15, 0.2) is 11.5 Å². The molecule has 1 aliphatic carbocycles. The van der Waals surface area contributed by atoms with Crippen LogP contribution < -0.4 is 0 Å². The van der Waals surface area contributed by atoms with Crippen molar-refractivity contribution in [2.75, 3.05) is 0 Å². The van der Waals surface area contributed by atoms with Crippen LogP contribution in [0.15, 0.2) is 12.4 Å². The highest BCUT2D eigenvalue weighted by molar-refractivity contribution is 6.35. The Morgan fingerprint density at radius 3 is 2.81 bits per heavy atom. The number of H-pyrrole nitrogens is 1. The number of hydrogen-bond acceptors (Lipinski definition) is 5. The van der Waals surface area contributed by atoms with Crippen molar-refractivity contribution in [2.45, 2.75) is 52.0 Å². The molecule has 1 aliphatic rings. The average molecular weight is 387 g/mol. The van der Waals surface area contributed by atoms with Crippen LogP contribution in [0.5, 0.6) is 0 Å². The van der Waals surface area contributed by atoms with Gasteiger partial charge in [-0.3, -0.25) is 0 Å². The first kappa shape index (κ1) is 17.9. The van der Waals surface area contributed by atoms with E-state index in [2.05, 4.69) is 34.9 Å². The molecule has 4 aromatic rings. The number of halogens is 1. The lowest BCUT2D eigenvalue weighted by atomic mass is 10.1. The molecule has 1 saturated carbocycles. The van der Waals surface area contributed by atoms with E-state index in [9.17, 15) is 0 Å². The van der Waals surface area contributed by atoms with Gasteiger partial charge in [-0.2, -0.15) is 4.80 Å². The number of imidazole rings is 1. The number of aryl methyl sites for hydroxylation is 2. The molecule has 9 heteroatoms. The number of fused-ring (bicyclic) bond motifs is 3. The monoisotopic (exact) mass is 386 g/mol. The van der Waals surface area contributed by atoms with E-state index in [0.717, 1.165) is 52.8 Å². The summed E-state index contributed by atoms with van der Waals surface area (Å²) in [5.41, 5.74) is 3.71. The molecule has 0 radical (unpaired) electrons. The van der Waals surface area contributed by atoms with E-state index in [1.807, 2.05) is 33.2 Å². The highest BCUT2D eigenvalue weighted by Gasteiger charge is 2.31. The Bertz CT molecular complexity index is 1090. The van der Waals surface area contributed by atoms with Gasteiger partial charge in [0.2, 0.25) is 0 Å². The van der Waals surface area contributed by atoms with Gasteiger partial charge in [-0.25, -0.2) is 9.97 Å². The Morgan fingerprint density at radius 1 is 1.26 bits per heavy atom. The zero-order valence-corrected chi connectivity index (χ0v) is 16.7. The third kappa shape index (κ3) is 2.97. The molecule has 0 amide bonds. The van der Waals surface area contributed by atoms with Crippen LogP contribution >= 0.6 is 11.6 Å². The SMILES string of the molecule is CC.Cc1cc2c(Cl)nc3c(ncn3[C@H]3CC[C@@H](c4nnn(C)n4)C3)c2[nH]1. The molecule has 4 aromatic heterocycles. The van der Waals surface area contributed by atoms with Crippen LogP contribution in [-0.2, 0) is 7.05 Å². The minimum absolute atomic E-state index is 0.316. The second-order valence-electron chi connectivity index (χ2n) is 6.77. The molecule has 1 fully saturated rings. The molecule has 4 heterocycles. The van der Waals surface area contributed by atoms with Crippen LogP contribution in [0, 0.1) is 6.92 Å². The molecule has 0 spiro atoms. The predicted octanol–water partition coefficient (Wildman–Crippen LogP) is 3.93. The molecule has 142 valence electrons. The molecule has 27 heavy (non-hydrogen) atoms. The highest BCUT2D eigenvalue weighted by Crippen LogP contribution is 2.41. The first-order valence-corrected chi connectivity index (χ1v) is 9.73. The zero-order valence-electron chi connectivity index (χ0n) is 15.9. The Labute approximate surface area is 161 Å². The van der Waals surface area contributed by atoms with Gasteiger partial charge in [0.05, 0.1) is 18.9 Å². The largest absolute Gasteiger partial charge is 0.357 e. The number of rotatable bonds is 2. The molecular formula is C18H23ClN8. The molecular weight excluding hydrogens is 364 g/mol. The summed E-state index contributed by atoms with van der Waals surface area (Å²) < 4.78 is 2.15. The Morgan fingerprint density at radius 2 is 2.07 bits per heavy atom. The summed E-state index contributed by atoms with van der Waals surface area (Å²) in [6.45, 7) is 6.01. The van der Waals surface area contributed by atoms with Crippen molar-refractivity contribution < 1.29 is 0 Å². The fraction of sp³-hybridized carbons (Fsp3) is 0.500. The summed E-state index contributed by atoms with van der Waals surface area (Å²) in [6.07, 6.45) is 4.90. The van der Waals surface area contributed by atoms with Crippen molar-refractivity contribution in [1.29, 1.82) is 0 Å². The second-order valence-corrected chi connectivity index (χ2v) is 7.13. The van der Waals surface area contributed by atoms with Crippen molar-refractivity contribution in [3.8, 4) is 0 Å². The van der Waals surface area contributed by atoms with Crippen molar-refractivity contribution in [3.05, 3.63) is 29.1 Å². The first-order valence-electron chi connectivity index (χ1n) is 9.35. The summed E-state index contributed by atoms with van der Waals surface area (Å²) in [5.74, 6) is 1.14. The molecule has 0 aliphatic heterocycles. The number of nitrogens with one attached hydrogen (secondary N) is 1. The number of hydrogen-bond donors (Lipinski definition) is 1. The Kier molecular flexibility index (Phi) is 4.59. The van der Waals surface area contributed by atoms with Crippen LogP contribution in [0.2, 0.25) is 5.15 Å². The van der Waals surface area contributed by atoms with Crippen molar-refractivity contribution in [2.24, 2.45) is 7.05 Å². The van der Waals surface area contributed by atoms with Gasteiger partial charge in [0.25, 0.3) is 0 Å².